The van der Waals surface area contributed by atoms with E-state index in [4.69, 9.17) is 0 Å². The van der Waals surface area contributed by atoms with E-state index in [1.165, 1.54) is 24.3 Å². The second kappa shape index (κ2) is 9.06. The molecule has 7 heteroatoms. The molecule has 0 radical (unpaired) electrons. The summed E-state index contributed by atoms with van der Waals surface area (Å²) in [5.74, 6) is 3.11. The lowest BCUT2D eigenvalue weighted by atomic mass is 10.0. The predicted octanol–water partition coefficient (Wildman–Crippen LogP) is 6.43. The second-order valence-corrected chi connectivity index (χ2v) is 21.2. The van der Waals surface area contributed by atoms with Gasteiger partial charge in [0.05, 0.1) is 9.79 Å². The van der Waals surface area contributed by atoms with Crippen molar-refractivity contribution in [2.45, 2.75) is 79.5 Å². The molecule has 0 aliphatic heterocycles. The van der Waals surface area contributed by atoms with Crippen molar-refractivity contribution in [2.24, 2.45) is 5.41 Å². The maximum Gasteiger partial charge on any atom is 0.200 e. The van der Waals surface area contributed by atoms with Gasteiger partial charge in [0, 0.05) is 18.3 Å². The summed E-state index contributed by atoms with van der Waals surface area (Å²) in [5.41, 5.74) is 3.87. The third-order valence-corrected chi connectivity index (χ3v) is 17.6. The van der Waals surface area contributed by atoms with Gasteiger partial charge in [-0.05, 0) is 29.3 Å². The van der Waals surface area contributed by atoms with E-state index < -0.39 is 31.8 Å². The molecule has 0 unspecified atom stereocenters. The zero-order valence-electron chi connectivity index (χ0n) is 21.7. The fourth-order valence-corrected chi connectivity index (χ4v) is 9.52. The molecule has 1 aliphatic rings. The number of rotatable bonds is 7. The van der Waals surface area contributed by atoms with E-state index in [1.807, 2.05) is 19.9 Å². The first kappa shape index (κ1) is 27.4. The van der Waals surface area contributed by atoms with Crippen LogP contribution in [0, 0.1) is 16.9 Å². The van der Waals surface area contributed by atoms with E-state index in [0.29, 0.717) is 0 Å². The first-order valence-electron chi connectivity index (χ1n) is 11.8. The van der Waals surface area contributed by atoms with Crippen LogP contribution in [-0.2, 0) is 19.7 Å². The number of benzene rings is 2. The predicted molar refractivity (Wildman–Crippen MR) is 146 cm³/mol. The Kier molecular flexibility index (Phi) is 7.11. The average Bonchev–Trinajstić information content (AvgIpc) is 3.38. The lowest BCUT2D eigenvalue weighted by molar-refractivity contribution is 0.530. The maximum absolute atomic E-state index is 14.3. The Morgan fingerprint density at radius 3 is 1.54 bits per heavy atom. The molecule has 0 aromatic heterocycles. The Morgan fingerprint density at radius 2 is 1.20 bits per heavy atom. The summed E-state index contributed by atoms with van der Waals surface area (Å²) in [4.78, 5) is -0.0135. The molecule has 0 amide bonds. The second-order valence-electron chi connectivity index (χ2n) is 11.5. The van der Waals surface area contributed by atoms with E-state index in [1.54, 1.807) is 36.4 Å². The molecule has 0 spiro atoms. The Hall–Kier alpha value is -2.14. The van der Waals surface area contributed by atoms with Gasteiger partial charge in [0.15, 0.2) is 23.8 Å². The van der Waals surface area contributed by atoms with Crippen molar-refractivity contribution in [3.8, 4) is 11.5 Å². The molecule has 0 fully saturated rings. The van der Waals surface area contributed by atoms with E-state index in [2.05, 4.69) is 45.3 Å². The molecule has 0 N–H and O–H groups in total. The minimum absolute atomic E-state index is 0.00677. The maximum atomic E-state index is 14.3. The normalized spacial score (nSPS) is 16.1. The third-order valence-electron chi connectivity index (χ3n) is 7.46. The van der Waals surface area contributed by atoms with Crippen molar-refractivity contribution in [1.29, 1.82) is 0 Å². The van der Waals surface area contributed by atoms with Crippen LogP contribution in [0.4, 0.5) is 0 Å². The summed E-state index contributed by atoms with van der Waals surface area (Å²) in [6, 6.07) is 15.8. The fraction of sp³-hybridized carbons (Fsp3) is 0.429. The van der Waals surface area contributed by atoms with Crippen molar-refractivity contribution in [3.63, 3.8) is 0 Å². The lowest BCUT2D eigenvalue weighted by Gasteiger charge is -2.33. The molecule has 3 rings (SSSR count). The molecule has 0 saturated carbocycles. The largest absolute Gasteiger partial charge is 0.222 e. The van der Waals surface area contributed by atoms with Gasteiger partial charge in [-0.25, -0.2) is 16.8 Å². The monoisotopic (exact) mass is 528 g/mol. The van der Waals surface area contributed by atoms with E-state index >= 15 is 0 Å². The van der Waals surface area contributed by atoms with Crippen LogP contribution in [0.3, 0.4) is 0 Å². The zero-order chi connectivity index (χ0) is 26.3. The van der Waals surface area contributed by atoms with Gasteiger partial charge >= 0.3 is 0 Å². The summed E-state index contributed by atoms with van der Waals surface area (Å²) in [6.45, 7) is 14.6. The van der Waals surface area contributed by atoms with Crippen LogP contribution in [0.25, 0.3) is 0 Å². The Labute approximate surface area is 212 Å². The molecule has 2 aromatic carbocycles. The quantitative estimate of drug-likeness (QED) is 0.236. The standard InChI is InChI=1S/C28H36O4S2Si/c1-26(2,3)35(6,7)20-14-19-28(22-23-21-27(23,4)5,33(29,30)24-15-10-8-11-16-24)34(31,32)25-17-12-9-13-18-25/h8-13,15-18,21H,19,22H2,1-7H3. The smallest absolute Gasteiger partial charge is 0.200 e. The van der Waals surface area contributed by atoms with Crippen LogP contribution in [0.15, 0.2) is 82.1 Å². The summed E-state index contributed by atoms with van der Waals surface area (Å²) in [5, 5.41) is -0.0414. The van der Waals surface area contributed by atoms with Crippen LogP contribution in [0.2, 0.25) is 18.1 Å². The van der Waals surface area contributed by atoms with Gasteiger partial charge < -0.3 is 0 Å². The SMILES string of the molecule is CC1(C)C=C1CC(CC#C[Si](C)(C)C(C)(C)C)(S(=O)(=O)c1ccccc1)S(=O)(=O)c1ccccc1. The van der Waals surface area contributed by atoms with Crippen molar-refractivity contribution in [2.75, 3.05) is 0 Å². The molecule has 0 atom stereocenters. The fourth-order valence-electron chi connectivity index (χ4n) is 3.77. The highest BCUT2D eigenvalue weighted by molar-refractivity contribution is 8.10. The minimum atomic E-state index is -4.34. The molecule has 35 heavy (non-hydrogen) atoms. The first-order chi connectivity index (χ1) is 16.0. The van der Waals surface area contributed by atoms with Crippen molar-refractivity contribution in [1.82, 2.24) is 0 Å². The van der Waals surface area contributed by atoms with Gasteiger partial charge in [-0.15, -0.1) is 11.5 Å². The molecule has 188 valence electrons. The summed E-state index contributed by atoms with van der Waals surface area (Å²) < 4.78 is 55.2. The third kappa shape index (κ3) is 5.07. The van der Waals surface area contributed by atoms with Gasteiger partial charge in [-0.1, -0.05) is 95.8 Å². The molecule has 2 aromatic rings. The highest BCUT2D eigenvalue weighted by Gasteiger charge is 2.58. The molecule has 1 aliphatic carbocycles. The van der Waals surface area contributed by atoms with Crippen LogP contribution in [0.5, 0.6) is 0 Å². The van der Waals surface area contributed by atoms with Crippen molar-refractivity contribution < 1.29 is 16.8 Å². The molecular weight excluding hydrogens is 493 g/mol. The van der Waals surface area contributed by atoms with Crippen LogP contribution < -0.4 is 0 Å². The van der Waals surface area contributed by atoms with Gasteiger partial charge in [0.1, 0.15) is 8.07 Å². The first-order valence-corrected chi connectivity index (χ1v) is 17.8. The van der Waals surface area contributed by atoms with E-state index in [-0.39, 0.29) is 33.1 Å². The summed E-state index contributed by atoms with van der Waals surface area (Å²) in [7, 11) is -10.8. The highest BCUT2D eigenvalue weighted by Crippen LogP contribution is 2.53. The van der Waals surface area contributed by atoms with Crippen LogP contribution in [-0.4, -0.2) is 29.0 Å². The highest BCUT2D eigenvalue weighted by atomic mass is 32.3. The van der Waals surface area contributed by atoms with E-state index in [0.717, 1.165) is 5.57 Å². The Morgan fingerprint density at radius 1 is 0.800 bits per heavy atom. The summed E-state index contributed by atoms with van der Waals surface area (Å²) in [6.07, 6.45) is 1.55. The molecule has 4 nitrogen and oxygen atoms in total. The van der Waals surface area contributed by atoms with Crippen molar-refractivity contribution in [3.05, 3.63) is 72.3 Å². The topological polar surface area (TPSA) is 68.3 Å². The molecule has 0 heterocycles. The Bertz CT molecular complexity index is 1320. The Balaban J connectivity index is 2.31. The minimum Gasteiger partial charge on any atom is -0.222 e. The van der Waals surface area contributed by atoms with Gasteiger partial charge in [0.2, 0.25) is 0 Å². The average molecular weight is 529 g/mol. The number of sulfone groups is 2. The van der Waals surface area contributed by atoms with Gasteiger partial charge in [-0.3, -0.25) is 0 Å². The molecular formula is C28H36O4S2Si. The van der Waals surface area contributed by atoms with Crippen molar-refractivity contribution >= 4 is 27.7 Å². The summed E-state index contributed by atoms with van der Waals surface area (Å²) >= 11 is 0. The number of allylic oxidation sites excluding steroid dienone is 2. The lowest BCUT2D eigenvalue weighted by Crippen LogP contribution is -2.46. The molecule has 0 saturated heterocycles. The number of hydrogen-bond donors (Lipinski definition) is 0. The zero-order valence-corrected chi connectivity index (χ0v) is 24.3. The number of hydrogen-bond acceptors (Lipinski definition) is 4. The van der Waals surface area contributed by atoms with Gasteiger partial charge in [-0.2, -0.15) is 0 Å². The van der Waals surface area contributed by atoms with Crippen LogP contribution in [0.1, 0.15) is 47.5 Å². The van der Waals surface area contributed by atoms with Gasteiger partial charge in [0.25, 0.3) is 0 Å². The molecule has 0 bridgehead atoms. The van der Waals surface area contributed by atoms with E-state index in [9.17, 15) is 16.8 Å². The van der Waals surface area contributed by atoms with Crippen LogP contribution >= 0.6 is 0 Å².